The van der Waals surface area contributed by atoms with Crippen LogP contribution in [0, 0.1) is 0 Å². The maximum Gasteiger partial charge on any atom is 0.265 e. The van der Waals surface area contributed by atoms with E-state index in [2.05, 4.69) is 32.8 Å². The van der Waals surface area contributed by atoms with Gasteiger partial charge in [0.2, 0.25) is 5.82 Å². The highest BCUT2D eigenvalue weighted by atomic mass is 127. The van der Waals surface area contributed by atoms with Crippen LogP contribution >= 0.6 is 22.9 Å². The maximum absolute atomic E-state index is 5.77. The Bertz CT molecular complexity index is 861. The molecular formula is C14H8IN3O. The number of aromatic nitrogens is 3. The summed E-state index contributed by atoms with van der Waals surface area (Å²) in [5.74, 6) is 1.28. The van der Waals surface area contributed by atoms with Gasteiger partial charge in [-0.05, 0) is 24.3 Å². The molecule has 0 saturated heterocycles. The predicted molar refractivity (Wildman–Crippen MR) is 82.2 cm³/mol. The molecule has 5 heteroatoms. The minimum atomic E-state index is 0.548. The van der Waals surface area contributed by atoms with Crippen LogP contribution in [0.2, 0.25) is 0 Å². The van der Waals surface area contributed by atoms with E-state index in [9.17, 15) is 0 Å². The lowest BCUT2D eigenvalue weighted by atomic mass is 10.3. The van der Waals surface area contributed by atoms with Crippen LogP contribution in [0.25, 0.3) is 33.8 Å². The molecule has 4 aromatic rings. The number of hydrogen-bond acceptors (Lipinski definition) is 3. The number of imidazole rings is 1. The lowest BCUT2D eigenvalue weighted by molar-refractivity contribution is 0.614. The van der Waals surface area contributed by atoms with Crippen molar-refractivity contribution in [2.45, 2.75) is 0 Å². The zero-order valence-corrected chi connectivity index (χ0v) is 11.9. The Morgan fingerprint density at radius 1 is 0.895 bits per heavy atom. The summed E-state index contributed by atoms with van der Waals surface area (Å²) >= 11 is 2.22. The normalized spacial score (nSPS) is 11.4. The van der Waals surface area contributed by atoms with Gasteiger partial charge in [0, 0.05) is 0 Å². The largest absolute Gasteiger partial charge is 0.434 e. The first-order chi connectivity index (χ1) is 9.33. The van der Waals surface area contributed by atoms with Gasteiger partial charge in [-0.3, -0.25) is 2.78 Å². The van der Waals surface area contributed by atoms with Crippen molar-refractivity contribution in [1.29, 1.82) is 0 Å². The summed E-state index contributed by atoms with van der Waals surface area (Å²) in [6, 6.07) is 15.7. The van der Waals surface area contributed by atoms with E-state index < -0.39 is 0 Å². The Morgan fingerprint density at radius 3 is 2.42 bits per heavy atom. The van der Waals surface area contributed by atoms with Crippen LogP contribution in [0.3, 0.4) is 0 Å². The standard InChI is InChI=1S/C14H8IN3O/c15-18-11-7-3-1-5-9(11)16-13(18)14-17-10-6-2-4-8-12(10)19-14/h1-8H. The van der Waals surface area contributed by atoms with Crippen LogP contribution in [-0.4, -0.2) is 12.7 Å². The minimum Gasteiger partial charge on any atom is -0.434 e. The molecule has 0 bridgehead atoms. The lowest BCUT2D eigenvalue weighted by Crippen LogP contribution is -1.85. The van der Waals surface area contributed by atoms with Crippen molar-refractivity contribution in [3.63, 3.8) is 0 Å². The molecule has 0 saturated carbocycles. The highest BCUT2D eigenvalue weighted by Gasteiger charge is 2.16. The predicted octanol–water partition coefficient (Wildman–Crippen LogP) is 4.04. The van der Waals surface area contributed by atoms with Gasteiger partial charge in [-0.25, -0.2) is 9.97 Å². The van der Waals surface area contributed by atoms with E-state index in [1.807, 2.05) is 51.3 Å². The van der Waals surface area contributed by atoms with Gasteiger partial charge < -0.3 is 4.42 Å². The molecule has 0 aliphatic rings. The fraction of sp³-hybridized carbons (Fsp3) is 0. The molecule has 0 amide bonds. The minimum absolute atomic E-state index is 0.548. The van der Waals surface area contributed by atoms with E-state index in [1.54, 1.807) is 0 Å². The van der Waals surface area contributed by atoms with E-state index in [0.29, 0.717) is 5.89 Å². The Balaban J connectivity index is 2.01. The number of halogens is 1. The second-order valence-electron chi connectivity index (χ2n) is 4.19. The number of para-hydroxylation sites is 4. The molecular weight excluding hydrogens is 353 g/mol. The molecule has 2 heterocycles. The van der Waals surface area contributed by atoms with Gasteiger partial charge in [0.1, 0.15) is 5.52 Å². The first-order valence-electron chi connectivity index (χ1n) is 5.82. The number of benzene rings is 2. The van der Waals surface area contributed by atoms with Crippen molar-refractivity contribution >= 4 is 45.0 Å². The van der Waals surface area contributed by atoms with Gasteiger partial charge in [-0.2, -0.15) is 0 Å². The average Bonchev–Trinajstić information content (AvgIpc) is 3.00. The Morgan fingerprint density at radius 2 is 1.63 bits per heavy atom. The van der Waals surface area contributed by atoms with E-state index >= 15 is 0 Å². The van der Waals surface area contributed by atoms with Crippen LogP contribution < -0.4 is 0 Å². The molecule has 0 radical (unpaired) electrons. The highest BCUT2D eigenvalue weighted by molar-refractivity contribution is 14.1. The van der Waals surface area contributed by atoms with E-state index in [0.717, 1.165) is 28.0 Å². The Labute approximate surface area is 122 Å². The quantitative estimate of drug-likeness (QED) is 0.481. The van der Waals surface area contributed by atoms with E-state index in [1.165, 1.54) is 0 Å². The van der Waals surface area contributed by atoms with Crippen molar-refractivity contribution < 1.29 is 4.42 Å². The third kappa shape index (κ3) is 1.65. The van der Waals surface area contributed by atoms with Crippen molar-refractivity contribution in [2.24, 2.45) is 0 Å². The lowest BCUT2D eigenvalue weighted by Gasteiger charge is -1.94. The second kappa shape index (κ2) is 4.06. The van der Waals surface area contributed by atoms with Crippen LogP contribution in [-0.2, 0) is 0 Å². The van der Waals surface area contributed by atoms with Gasteiger partial charge in [-0.1, -0.05) is 24.3 Å². The number of nitrogens with zero attached hydrogens (tertiary/aromatic N) is 3. The van der Waals surface area contributed by atoms with Crippen LogP contribution in [0.15, 0.2) is 52.9 Å². The molecule has 19 heavy (non-hydrogen) atoms. The molecule has 4 nitrogen and oxygen atoms in total. The second-order valence-corrected chi connectivity index (χ2v) is 5.16. The summed E-state index contributed by atoms with van der Waals surface area (Å²) in [5.41, 5.74) is 3.62. The summed E-state index contributed by atoms with van der Waals surface area (Å²) in [7, 11) is 0. The van der Waals surface area contributed by atoms with Crippen LogP contribution in [0.5, 0.6) is 0 Å². The number of fused-ring (bicyclic) bond motifs is 2. The van der Waals surface area contributed by atoms with Gasteiger partial charge in [0.15, 0.2) is 5.58 Å². The SMILES string of the molecule is In1c(-c2nc3ccccc3o2)nc2ccccc21. The highest BCUT2D eigenvalue weighted by Crippen LogP contribution is 2.28. The molecule has 0 spiro atoms. The van der Waals surface area contributed by atoms with Gasteiger partial charge >= 0.3 is 0 Å². The smallest absolute Gasteiger partial charge is 0.265 e. The van der Waals surface area contributed by atoms with Crippen molar-refractivity contribution in [3.8, 4) is 11.7 Å². The first-order valence-corrected chi connectivity index (χ1v) is 6.79. The summed E-state index contributed by atoms with van der Waals surface area (Å²) in [5, 5.41) is 0. The fourth-order valence-corrected chi connectivity index (χ4v) is 2.82. The van der Waals surface area contributed by atoms with Gasteiger partial charge in [-0.15, -0.1) is 0 Å². The van der Waals surface area contributed by atoms with Crippen molar-refractivity contribution in [3.05, 3.63) is 48.5 Å². The number of rotatable bonds is 1. The van der Waals surface area contributed by atoms with Gasteiger partial charge in [0.25, 0.3) is 5.89 Å². The summed E-state index contributed by atoms with van der Waals surface area (Å²) < 4.78 is 7.74. The third-order valence-corrected chi connectivity index (χ3v) is 3.97. The molecule has 2 aromatic carbocycles. The number of hydrogen-bond donors (Lipinski definition) is 0. The molecule has 4 rings (SSSR count). The maximum atomic E-state index is 5.77. The zero-order chi connectivity index (χ0) is 12.8. The zero-order valence-electron chi connectivity index (χ0n) is 9.75. The third-order valence-electron chi connectivity index (χ3n) is 2.99. The first kappa shape index (κ1) is 11.0. The van der Waals surface area contributed by atoms with E-state index in [4.69, 9.17) is 4.42 Å². The molecule has 0 unspecified atom stereocenters. The molecule has 0 aliphatic heterocycles. The Hall–Kier alpha value is -1.89. The fourth-order valence-electron chi connectivity index (χ4n) is 2.10. The molecule has 0 fully saturated rings. The molecule has 0 atom stereocenters. The van der Waals surface area contributed by atoms with Gasteiger partial charge in [0.05, 0.1) is 33.9 Å². The molecule has 0 N–H and O–H groups in total. The molecule has 0 aliphatic carbocycles. The van der Waals surface area contributed by atoms with Crippen molar-refractivity contribution in [1.82, 2.24) is 12.7 Å². The summed E-state index contributed by atoms with van der Waals surface area (Å²) in [6.07, 6.45) is 0. The summed E-state index contributed by atoms with van der Waals surface area (Å²) in [6.45, 7) is 0. The average molecular weight is 361 g/mol. The molecule has 92 valence electrons. The van der Waals surface area contributed by atoms with E-state index in [-0.39, 0.29) is 0 Å². The van der Waals surface area contributed by atoms with Crippen molar-refractivity contribution in [2.75, 3.05) is 0 Å². The van der Waals surface area contributed by atoms with Crippen LogP contribution in [0.4, 0.5) is 0 Å². The van der Waals surface area contributed by atoms with Crippen LogP contribution in [0.1, 0.15) is 0 Å². The molecule has 2 aromatic heterocycles. The monoisotopic (exact) mass is 361 g/mol. The Kier molecular flexibility index (Phi) is 2.34. The topological polar surface area (TPSA) is 43.9 Å². The summed E-state index contributed by atoms with van der Waals surface area (Å²) in [4.78, 5) is 9.06. The number of oxazole rings is 1.